The monoisotopic (exact) mass is 348 g/mol. The van der Waals surface area contributed by atoms with Crippen molar-refractivity contribution in [2.45, 2.75) is 6.92 Å². The SMILES string of the molecule is Cc1cc(Br)c(Nc2ncc(Cl)cc2F)cc1Cl. The van der Waals surface area contributed by atoms with E-state index in [1.165, 1.54) is 12.3 Å². The molecule has 18 heavy (non-hydrogen) atoms. The predicted octanol–water partition coefficient (Wildman–Crippen LogP) is 5.34. The molecule has 0 bridgehead atoms. The molecular weight excluding hydrogens is 342 g/mol. The normalized spacial score (nSPS) is 10.5. The zero-order valence-electron chi connectivity index (χ0n) is 9.27. The van der Waals surface area contributed by atoms with Crippen molar-refractivity contribution in [3.8, 4) is 0 Å². The molecule has 94 valence electrons. The molecule has 2 nitrogen and oxygen atoms in total. The zero-order valence-corrected chi connectivity index (χ0v) is 12.4. The Kier molecular flexibility index (Phi) is 4.10. The van der Waals surface area contributed by atoms with Crippen molar-refractivity contribution in [1.82, 2.24) is 4.98 Å². The molecule has 0 aliphatic heterocycles. The van der Waals surface area contributed by atoms with E-state index < -0.39 is 5.82 Å². The maximum Gasteiger partial charge on any atom is 0.167 e. The van der Waals surface area contributed by atoms with Crippen LogP contribution in [0.5, 0.6) is 0 Å². The number of pyridine rings is 1. The number of aromatic nitrogens is 1. The number of benzene rings is 1. The summed E-state index contributed by atoms with van der Waals surface area (Å²) in [7, 11) is 0. The van der Waals surface area contributed by atoms with E-state index >= 15 is 0 Å². The highest BCUT2D eigenvalue weighted by Gasteiger charge is 2.09. The summed E-state index contributed by atoms with van der Waals surface area (Å²) in [5, 5.41) is 3.70. The number of hydrogen-bond acceptors (Lipinski definition) is 2. The molecule has 1 aromatic heterocycles. The Bertz CT molecular complexity index is 605. The lowest BCUT2D eigenvalue weighted by Crippen LogP contribution is -1.98. The largest absolute Gasteiger partial charge is 0.337 e. The lowest BCUT2D eigenvalue weighted by molar-refractivity contribution is 0.626. The van der Waals surface area contributed by atoms with Crippen LogP contribution in [0.15, 0.2) is 28.9 Å². The van der Waals surface area contributed by atoms with Gasteiger partial charge in [-0.25, -0.2) is 9.37 Å². The molecule has 0 amide bonds. The molecule has 0 aliphatic rings. The van der Waals surface area contributed by atoms with E-state index in [0.29, 0.717) is 10.7 Å². The van der Waals surface area contributed by atoms with Crippen LogP contribution < -0.4 is 5.32 Å². The Labute approximate surface area is 122 Å². The van der Waals surface area contributed by atoms with Crippen molar-refractivity contribution >= 4 is 50.6 Å². The quantitative estimate of drug-likeness (QED) is 0.791. The third-order valence-electron chi connectivity index (χ3n) is 2.31. The van der Waals surface area contributed by atoms with Gasteiger partial charge < -0.3 is 5.32 Å². The molecule has 0 aliphatic carbocycles. The first kappa shape index (κ1) is 13.6. The molecule has 0 atom stereocenters. The van der Waals surface area contributed by atoms with E-state index in [0.717, 1.165) is 10.0 Å². The molecule has 0 saturated carbocycles. The minimum absolute atomic E-state index is 0.0972. The maximum absolute atomic E-state index is 13.6. The lowest BCUT2D eigenvalue weighted by atomic mass is 10.2. The molecular formula is C12H8BrCl2FN2. The lowest BCUT2D eigenvalue weighted by Gasteiger charge is -2.10. The predicted molar refractivity (Wildman–Crippen MR) is 76.4 cm³/mol. The van der Waals surface area contributed by atoms with Crippen LogP contribution in [0.2, 0.25) is 10.0 Å². The number of rotatable bonds is 2. The Morgan fingerprint density at radius 1 is 1.28 bits per heavy atom. The summed E-state index contributed by atoms with van der Waals surface area (Å²) >= 11 is 15.0. The number of nitrogens with one attached hydrogen (secondary N) is 1. The second-order valence-corrected chi connectivity index (χ2v) is 5.39. The topological polar surface area (TPSA) is 24.9 Å². The summed E-state index contributed by atoms with van der Waals surface area (Å²) in [5.41, 5.74) is 1.57. The van der Waals surface area contributed by atoms with Crippen molar-refractivity contribution in [2.24, 2.45) is 0 Å². The number of nitrogens with zero attached hydrogens (tertiary/aromatic N) is 1. The maximum atomic E-state index is 13.6. The van der Waals surface area contributed by atoms with Crippen LogP contribution >= 0.6 is 39.1 Å². The Hall–Kier alpha value is -0.840. The molecule has 1 aromatic carbocycles. The number of aryl methyl sites for hydroxylation is 1. The molecule has 1 heterocycles. The van der Waals surface area contributed by atoms with Crippen molar-refractivity contribution in [3.05, 3.63) is 50.3 Å². The van der Waals surface area contributed by atoms with E-state index in [4.69, 9.17) is 23.2 Å². The van der Waals surface area contributed by atoms with Crippen molar-refractivity contribution in [3.63, 3.8) is 0 Å². The summed E-state index contributed by atoms with van der Waals surface area (Å²) < 4.78 is 14.4. The Balaban J connectivity index is 2.37. The summed E-state index contributed by atoms with van der Waals surface area (Å²) in [4.78, 5) is 3.88. The van der Waals surface area contributed by atoms with Gasteiger partial charge in [0.2, 0.25) is 0 Å². The van der Waals surface area contributed by atoms with Crippen LogP contribution in [0.3, 0.4) is 0 Å². The van der Waals surface area contributed by atoms with Crippen molar-refractivity contribution in [2.75, 3.05) is 5.32 Å². The molecule has 6 heteroatoms. The fourth-order valence-electron chi connectivity index (χ4n) is 1.38. The summed E-state index contributed by atoms with van der Waals surface area (Å²) in [5.74, 6) is -0.425. The first-order valence-electron chi connectivity index (χ1n) is 5.01. The minimum atomic E-state index is -0.522. The fourth-order valence-corrected chi connectivity index (χ4v) is 2.24. The molecule has 2 rings (SSSR count). The first-order chi connectivity index (χ1) is 8.47. The smallest absolute Gasteiger partial charge is 0.167 e. The second-order valence-electron chi connectivity index (χ2n) is 3.69. The van der Waals surface area contributed by atoms with Gasteiger partial charge in [-0.1, -0.05) is 23.2 Å². The Morgan fingerprint density at radius 2 is 2.00 bits per heavy atom. The zero-order chi connectivity index (χ0) is 13.3. The third kappa shape index (κ3) is 2.94. The summed E-state index contributed by atoms with van der Waals surface area (Å²) in [6.45, 7) is 1.89. The van der Waals surface area contributed by atoms with E-state index in [2.05, 4.69) is 26.2 Å². The van der Waals surface area contributed by atoms with Gasteiger partial charge in [0.25, 0.3) is 0 Å². The summed E-state index contributed by atoms with van der Waals surface area (Å²) in [6.07, 6.45) is 1.37. The van der Waals surface area contributed by atoms with Crippen LogP contribution in [0, 0.1) is 12.7 Å². The van der Waals surface area contributed by atoms with Gasteiger partial charge in [0.05, 0.1) is 10.7 Å². The van der Waals surface area contributed by atoms with Gasteiger partial charge in [-0.2, -0.15) is 0 Å². The molecule has 0 spiro atoms. The van der Waals surface area contributed by atoms with E-state index in [-0.39, 0.29) is 10.8 Å². The van der Waals surface area contributed by atoms with Gasteiger partial charge in [0.15, 0.2) is 11.6 Å². The van der Waals surface area contributed by atoms with Gasteiger partial charge in [0.1, 0.15) is 0 Å². The van der Waals surface area contributed by atoms with E-state index in [9.17, 15) is 4.39 Å². The molecule has 0 fully saturated rings. The average molecular weight is 350 g/mol. The van der Waals surface area contributed by atoms with Gasteiger partial charge in [-0.15, -0.1) is 0 Å². The first-order valence-corrected chi connectivity index (χ1v) is 6.56. The standard InChI is InChI=1S/C12H8BrCl2FN2/c1-6-2-8(13)11(4-9(6)15)18-12-10(16)3-7(14)5-17-12/h2-5H,1H3,(H,17,18). The number of halogens is 4. The fraction of sp³-hybridized carbons (Fsp3) is 0.0833. The molecule has 1 N–H and O–H groups in total. The molecule has 2 aromatic rings. The van der Waals surface area contributed by atoms with E-state index in [1.807, 2.05) is 13.0 Å². The minimum Gasteiger partial charge on any atom is -0.337 e. The molecule has 0 saturated heterocycles. The third-order valence-corrected chi connectivity index (χ3v) is 3.58. The van der Waals surface area contributed by atoms with E-state index in [1.54, 1.807) is 6.07 Å². The highest BCUT2D eigenvalue weighted by Crippen LogP contribution is 2.31. The van der Waals surface area contributed by atoms with Gasteiger partial charge in [-0.3, -0.25) is 0 Å². The van der Waals surface area contributed by atoms with Crippen molar-refractivity contribution in [1.29, 1.82) is 0 Å². The van der Waals surface area contributed by atoms with Crippen LogP contribution in [-0.2, 0) is 0 Å². The van der Waals surface area contributed by atoms with Crippen LogP contribution in [-0.4, -0.2) is 4.98 Å². The second kappa shape index (κ2) is 5.43. The average Bonchev–Trinajstić information content (AvgIpc) is 2.29. The van der Waals surface area contributed by atoms with Gasteiger partial charge in [0, 0.05) is 15.7 Å². The van der Waals surface area contributed by atoms with Crippen LogP contribution in [0.4, 0.5) is 15.9 Å². The van der Waals surface area contributed by atoms with Crippen molar-refractivity contribution < 1.29 is 4.39 Å². The highest BCUT2D eigenvalue weighted by atomic mass is 79.9. The van der Waals surface area contributed by atoms with Crippen LogP contribution in [0.1, 0.15) is 5.56 Å². The highest BCUT2D eigenvalue weighted by molar-refractivity contribution is 9.10. The number of anilines is 2. The summed E-state index contributed by atoms with van der Waals surface area (Å²) in [6, 6.07) is 4.75. The van der Waals surface area contributed by atoms with Gasteiger partial charge >= 0.3 is 0 Å². The Morgan fingerprint density at radius 3 is 2.67 bits per heavy atom. The number of hydrogen-bond donors (Lipinski definition) is 1. The molecule has 0 unspecified atom stereocenters. The molecule has 0 radical (unpaired) electrons. The van der Waals surface area contributed by atoms with Gasteiger partial charge in [-0.05, 0) is 46.6 Å². The van der Waals surface area contributed by atoms with Crippen LogP contribution in [0.25, 0.3) is 0 Å².